The Morgan fingerprint density at radius 2 is 1.67 bits per heavy atom. The minimum atomic E-state index is -0.129. The topological polar surface area (TPSA) is 35.5 Å². The molecule has 3 heteroatoms. The molecule has 2 fully saturated rings. The van der Waals surface area contributed by atoms with Gasteiger partial charge >= 0.3 is 0 Å². The molecular weight excluding hydrogens is 224 g/mol. The lowest BCUT2D eigenvalue weighted by Gasteiger charge is -2.40. The second kappa shape index (κ2) is 7.46. The summed E-state index contributed by atoms with van der Waals surface area (Å²) in [5, 5.41) is 14.0. The van der Waals surface area contributed by atoms with Gasteiger partial charge in [-0.15, -0.1) is 0 Å². The quantitative estimate of drug-likeness (QED) is 0.788. The summed E-state index contributed by atoms with van der Waals surface area (Å²) < 4.78 is 0. The van der Waals surface area contributed by atoms with Crippen LogP contribution in [0.25, 0.3) is 0 Å². The monoisotopic (exact) mass is 254 g/mol. The molecule has 0 aromatic carbocycles. The van der Waals surface area contributed by atoms with E-state index in [2.05, 4.69) is 10.2 Å². The summed E-state index contributed by atoms with van der Waals surface area (Å²) in [4.78, 5) is 2.53. The van der Waals surface area contributed by atoms with E-state index in [9.17, 15) is 5.11 Å². The van der Waals surface area contributed by atoms with Gasteiger partial charge in [0.25, 0.3) is 0 Å². The molecule has 0 amide bonds. The van der Waals surface area contributed by atoms with Crippen LogP contribution < -0.4 is 5.32 Å². The van der Waals surface area contributed by atoms with Gasteiger partial charge in [-0.3, -0.25) is 4.90 Å². The van der Waals surface area contributed by atoms with Crippen LogP contribution in [0.2, 0.25) is 0 Å². The van der Waals surface area contributed by atoms with Crippen LogP contribution in [0.5, 0.6) is 0 Å². The lowest BCUT2D eigenvalue weighted by Crippen LogP contribution is -2.53. The van der Waals surface area contributed by atoms with Crippen molar-refractivity contribution >= 4 is 0 Å². The molecular formula is C15H30N2O. The molecule has 0 bridgehead atoms. The van der Waals surface area contributed by atoms with Crippen LogP contribution in [0.3, 0.4) is 0 Å². The van der Waals surface area contributed by atoms with Gasteiger partial charge in [0.15, 0.2) is 0 Å². The molecule has 0 aromatic heterocycles. The van der Waals surface area contributed by atoms with Crippen LogP contribution in [-0.4, -0.2) is 48.8 Å². The number of likely N-dealkylation sites (N-methyl/N-ethyl adjacent to an activating group) is 1. The first-order chi connectivity index (χ1) is 8.83. The Kier molecular flexibility index (Phi) is 5.93. The zero-order chi connectivity index (χ0) is 12.8. The van der Waals surface area contributed by atoms with E-state index in [4.69, 9.17) is 0 Å². The van der Waals surface area contributed by atoms with Crippen LogP contribution in [-0.2, 0) is 0 Å². The molecule has 1 heterocycles. The second-order valence-corrected chi connectivity index (χ2v) is 6.11. The van der Waals surface area contributed by atoms with Crippen LogP contribution in [0, 0.1) is 5.92 Å². The van der Waals surface area contributed by atoms with E-state index in [-0.39, 0.29) is 6.10 Å². The van der Waals surface area contributed by atoms with Crippen LogP contribution in [0.15, 0.2) is 0 Å². The molecule has 2 N–H and O–H groups in total. The first-order valence-electron chi connectivity index (χ1n) is 7.89. The van der Waals surface area contributed by atoms with Gasteiger partial charge in [-0.25, -0.2) is 0 Å². The smallest absolute Gasteiger partial charge is 0.0735 e. The van der Waals surface area contributed by atoms with E-state index in [0.717, 1.165) is 6.54 Å². The first-order valence-corrected chi connectivity index (χ1v) is 7.89. The molecule has 0 aromatic rings. The number of rotatable bonds is 5. The number of likely N-dealkylation sites (tertiary alicyclic amines) is 1. The van der Waals surface area contributed by atoms with Crippen molar-refractivity contribution < 1.29 is 5.11 Å². The molecule has 2 atom stereocenters. The Balaban J connectivity index is 1.93. The second-order valence-electron chi connectivity index (χ2n) is 6.11. The summed E-state index contributed by atoms with van der Waals surface area (Å²) in [7, 11) is 2.00. The number of nitrogens with one attached hydrogen (secondary N) is 1. The molecule has 0 radical (unpaired) electrons. The predicted molar refractivity (Wildman–Crippen MR) is 75.7 cm³/mol. The lowest BCUT2D eigenvalue weighted by molar-refractivity contribution is -0.00727. The van der Waals surface area contributed by atoms with Gasteiger partial charge < -0.3 is 10.4 Å². The van der Waals surface area contributed by atoms with Gasteiger partial charge in [0.1, 0.15) is 0 Å². The van der Waals surface area contributed by atoms with Gasteiger partial charge in [-0.05, 0) is 51.7 Å². The maximum absolute atomic E-state index is 10.7. The van der Waals surface area contributed by atoms with Crippen LogP contribution in [0.4, 0.5) is 0 Å². The average Bonchev–Trinajstić information content (AvgIpc) is 2.46. The van der Waals surface area contributed by atoms with E-state index in [0.29, 0.717) is 12.0 Å². The molecule has 0 spiro atoms. The summed E-state index contributed by atoms with van der Waals surface area (Å²) in [6.07, 6.45) is 10.3. The molecule has 1 aliphatic carbocycles. The third kappa shape index (κ3) is 3.69. The van der Waals surface area contributed by atoms with Crippen molar-refractivity contribution in [2.75, 3.05) is 26.7 Å². The highest BCUT2D eigenvalue weighted by Gasteiger charge is 2.32. The summed E-state index contributed by atoms with van der Waals surface area (Å²) in [5.41, 5.74) is 0. The largest absolute Gasteiger partial charge is 0.391 e. The fourth-order valence-corrected chi connectivity index (χ4v) is 3.71. The molecule has 1 saturated carbocycles. The number of hydrogen-bond acceptors (Lipinski definition) is 3. The van der Waals surface area contributed by atoms with Crippen molar-refractivity contribution in [3.63, 3.8) is 0 Å². The molecule has 1 saturated heterocycles. The molecule has 3 nitrogen and oxygen atoms in total. The standard InChI is InChI=1S/C15H30N2O/c1-16-12-14(17-10-6-3-7-11-17)15(18)13-8-4-2-5-9-13/h13-16,18H,2-12H2,1H3/t14-,15+/m1/s1. The van der Waals surface area contributed by atoms with Crippen molar-refractivity contribution in [1.29, 1.82) is 0 Å². The zero-order valence-electron chi connectivity index (χ0n) is 11.9. The highest BCUT2D eigenvalue weighted by Crippen LogP contribution is 2.29. The highest BCUT2D eigenvalue weighted by molar-refractivity contribution is 4.87. The highest BCUT2D eigenvalue weighted by atomic mass is 16.3. The van der Waals surface area contributed by atoms with Crippen LogP contribution >= 0.6 is 0 Å². The molecule has 2 rings (SSSR count). The first kappa shape index (κ1) is 14.3. The molecule has 2 aliphatic rings. The van der Waals surface area contributed by atoms with E-state index < -0.39 is 0 Å². The Hall–Kier alpha value is -0.120. The Morgan fingerprint density at radius 3 is 2.28 bits per heavy atom. The van der Waals surface area contributed by atoms with Gasteiger partial charge in [0.2, 0.25) is 0 Å². The Bertz CT molecular complexity index is 223. The van der Waals surface area contributed by atoms with Crippen molar-refractivity contribution in [3.05, 3.63) is 0 Å². The Labute approximate surface area is 112 Å². The molecule has 18 heavy (non-hydrogen) atoms. The maximum Gasteiger partial charge on any atom is 0.0735 e. The van der Waals surface area contributed by atoms with Crippen LogP contribution in [0.1, 0.15) is 51.4 Å². The lowest BCUT2D eigenvalue weighted by atomic mass is 9.82. The molecule has 0 unspecified atom stereocenters. The number of nitrogens with zero attached hydrogens (tertiary/aromatic N) is 1. The van der Waals surface area contributed by atoms with Gasteiger partial charge in [-0.1, -0.05) is 25.7 Å². The molecule has 1 aliphatic heterocycles. The summed E-state index contributed by atoms with van der Waals surface area (Å²) >= 11 is 0. The van der Waals surface area contributed by atoms with Gasteiger partial charge in [-0.2, -0.15) is 0 Å². The number of aliphatic hydroxyl groups excluding tert-OH is 1. The van der Waals surface area contributed by atoms with Crippen molar-refractivity contribution in [2.45, 2.75) is 63.5 Å². The van der Waals surface area contributed by atoms with E-state index in [1.54, 1.807) is 0 Å². The normalized spacial score (nSPS) is 27.0. The van der Waals surface area contributed by atoms with E-state index >= 15 is 0 Å². The van der Waals surface area contributed by atoms with E-state index in [1.165, 1.54) is 64.5 Å². The summed E-state index contributed by atoms with van der Waals surface area (Å²) in [6.45, 7) is 3.28. The van der Waals surface area contributed by atoms with Crippen molar-refractivity contribution in [1.82, 2.24) is 10.2 Å². The number of hydrogen-bond donors (Lipinski definition) is 2. The van der Waals surface area contributed by atoms with Gasteiger partial charge in [0, 0.05) is 12.6 Å². The van der Waals surface area contributed by atoms with Crippen molar-refractivity contribution in [3.8, 4) is 0 Å². The third-order valence-corrected chi connectivity index (χ3v) is 4.80. The predicted octanol–water partition coefficient (Wildman–Crippen LogP) is 2.00. The number of piperidine rings is 1. The maximum atomic E-state index is 10.7. The minimum absolute atomic E-state index is 0.129. The summed E-state index contributed by atoms with van der Waals surface area (Å²) in [5.74, 6) is 0.541. The zero-order valence-corrected chi connectivity index (χ0v) is 11.9. The van der Waals surface area contributed by atoms with Crippen molar-refractivity contribution in [2.24, 2.45) is 5.92 Å². The minimum Gasteiger partial charge on any atom is -0.391 e. The fraction of sp³-hybridized carbons (Fsp3) is 1.00. The Morgan fingerprint density at radius 1 is 1.06 bits per heavy atom. The molecule has 106 valence electrons. The van der Waals surface area contributed by atoms with E-state index in [1.807, 2.05) is 7.05 Å². The number of aliphatic hydroxyl groups is 1. The summed E-state index contributed by atoms with van der Waals surface area (Å²) in [6, 6.07) is 0.332. The fourth-order valence-electron chi connectivity index (χ4n) is 3.71. The SMILES string of the molecule is CNC[C@H]([C@@H](O)C1CCCCC1)N1CCCCC1. The average molecular weight is 254 g/mol. The van der Waals surface area contributed by atoms with Gasteiger partial charge in [0.05, 0.1) is 6.10 Å². The third-order valence-electron chi connectivity index (χ3n) is 4.80.